The maximum atomic E-state index is 3.96. The van der Waals surface area contributed by atoms with Crippen LogP contribution in [-0.2, 0) is 0 Å². The van der Waals surface area contributed by atoms with Gasteiger partial charge in [-0.3, -0.25) is 0 Å². The Morgan fingerprint density at radius 2 is 2.30 bits per heavy atom. The second-order valence-electron chi connectivity index (χ2n) is 2.14. The third kappa shape index (κ3) is 2.58. The summed E-state index contributed by atoms with van der Waals surface area (Å²) in [6.07, 6.45) is 2.53. The molecule has 0 spiro atoms. The molecule has 0 aliphatic heterocycles. The molecule has 0 aromatic carbocycles. The van der Waals surface area contributed by atoms with Crippen molar-refractivity contribution in [3.05, 3.63) is 12.8 Å². The molecule has 0 fully saturated rings. The molecule has 0 aromatic rings. The van der Waals surface area contributed by atoms with Crippen LogP contribution in [0.15, 0.2) is 22.8 Å². The first-order valence-electron chi connectivity index (χ1n) is 3.41. The van der Waals surface area contributed by atoms with Crippen LogP contribution in [0.25, 0.3) is 0 Å². The normalized spacial score (nSPS) is 14.4. The zero-order valence-electron chi connectivity index (χ0n) is 6.67. The van der Waals surface area contributed by atoms with Crippen LogP contribution < -0.4 is 0 Å². The van der Waals surface area contributed by atoms with Crippen LogP contribution in [0.2, 0.25) is 0 Å². The molecule has 0 N–H and O–H groups in total. The highest BCUT2D eigenvalue weighted by Crippen LogP contribution is 2.04. The smallest absolute Gasteiger partial charge is 0.130 e. The van der Waals surface area contributed by atoms with Gasteiger partial charge >= 0.3 is 0 Å². The van der Waals surface area contributed by atoms with Crippen molar-refractivity contribution in [3.63, 3.8) is 0 Å². The standard InChI is InChI=1S/C8H14N2/c1-5-7(3)8(9-4)10-6-2/h6-7H,2,4-5H2,1,3H3. The Hall–Kier alpha value is -0.920. The van der Waals surface area contributed by atoms with Crippen LogP contribution in [0.3, 0.4) is 0 Å². The van der Waals surface area contributed by atoms with Crippen molar-refractivity contribution in [1.29, 1.82) is 0 Å². The van der Waals surface area contributed by atoms with Crippen molar-refractivity contribution in [2.45, 2.75) is 20.3 Å². The van der Waals surface area contributed by atoms with Crippen molar-refractivity contribution < 1.29 is 0 Å². The zero-order valence-corrected chi connectivity index (χ0v) is 6.67. The molecule has 0 rings (SSSR count). The van der Waals surface area contributed by atoms with Crippen molar-refractivity contribution in [1.82, 2.24) is 0 Å². The lowest BCUT2D eigenvalue weighted by Gasteiger charge is -2.04. The largest absolute Gasteiger partial charge is 0.249 e. The third-order valence-corrected chi connectivity index (χ3v) is 1.44. The van der Waals surface area contributed by atoms with Gasteiger partial charge in [-0.15, -0.1) is 0 Å². The van der Waals surface area contributed by atoms with E-state index in [1.807, 2.05) is 0 Å². The molecule has 10 heavy (non-hydrogen) atoms. The highest BCUT2D eigenvalue weighted by Gasteiger charge is 2.03. The van der Waals surface area contributed by atoms with Gasteiger partial charge in [0.05, 0.1) is 0 Å². The number of amidine groups is 1. The van der Waals surface area contributed by atoms with Gasteiger partial charge < -0.3 is 0 Å². The molecule has 0 aromatic heterocycles. The summed E-state index contributed by atoms with van der Waals surface area (Å²) in [6, 6.07) is 0. The topological polar surface area (TPSA) is 24.7 Å². The summed E-state index contributed by atoms with van der Waals surface area (Å²) >= 11 is 0. The van der Waals surface area contributed by atoms with Gasteiger partial charge in [0.25, 0.3) is 0 Å². The highest BCUT2D eigenvalue weighted by molar-refractivity contribution is 5.88. The summed E-state index contributed by atoms with van der Waals surface area (Å²) in [5.41, 5.74) is 0. The maximum absolute atomic E-state index is 3.96. The van der Waals surface area contributed by atoms with E-state index in [1.165, 1.54) is 6.20 Å². The van der Waals surface area contributed by atoms with Gasteiger partial charge in [-0.2, -0.15) is 0 Å². The van der Waals surface area contributed by atoms with Crippen LogP contribution in [0, 0.1) is 5.92 Å². The predicted octanol–water partition coefficient (Wildman–Crippen LogP) is 2.28. The minimum Gasteiger partial charge on any atom is -0.249 e. The first-order chi connectivity index (χ1) is 4.76. The van der Waals surface area contributed by atoms with E-state index < -0.39 is 0 Å². The number of hydrogen-bond acceptors (Lipinski definition) is 1. The van der Waals surface area contributed by atoms with E-state index >= 15 is 0 Å². The second-order valence-corrected chi connectivity index (χ2v) is 2.14. The summed E-state index contributed by atoms with van der Waals surface area (Å²) in [5.74, 6) is 1.16. The van der Waals surface area contributed by atoms with Crippen molar-refractivity contribution >= 4 is 12.6 Å². The summed E-state index contributed by atoms with van der Waals surface area (Å²) < 4.78 is 0. The fourth-order valence-corrected chi connectivity index (χ4v) is 0.600. The second kappa shape index (κ2) is 4.91. The molecule has 1 unspecified atom stereocenters. The average molecular weight is 138 g/mol. The number of aliphatic imine (C=N–C) groups is 2. The fourth-order valence-electron chi connectivity index (χ4n) is 0.600. The van der Waals surface area contributed by atoms with Gasteiger partial charge in [0.15, 0.2) is 0 Å². The molecule has 1 atom stereocenters. The molecular formula is C8H14N2. The molecule has 2 nitrogen and oxygen atoms in total. The van der Waals surface area contributed by atoms with E-state index in [9.17, 15) is 0 Å². The van der Waals surface area contributed by atoms with Gasteiger partial charge in [0.2, 0.25) is 0 Å². The van der Waals surface area contributed by atoms with Gasteiger partial charge in [-0.25, -0.2) is 9.98 Å². The molecule has 0 bridgehead atoms. The number of nitrogens with zero attached hydrogens (tertiary/aromatic N) is 2. The van der Waals surface area contributed by atoms with Gasteiger partial charge in [0.1, 0.15) is 5.84 Å². The minimum absolute atomic E-state index is 0.385. The van der Waals surface area contributed by atoms with Gasteiger partial charge in [0, 0.05) is 12.1 Å². The lowest BCUT2D eigenvalue weighted by molar-refractivity contribution is 0.733. The number of hydrogen-bond donors (Lipinski definition) is 0. The Labute approximate surface area is 62.4 Å². The van der Waals surface area contributed by atoms with Crippen LogP contribution in [-0.4, -0.2) is 12.6 Å². The highest BCUT2D eigenvalue weighted by atomic mass is 14.9. The van der Waals surface area contributed by atoms with Crippen molar-refractivity contribution in [2.75, 3.05) is 0 Å². The molecule has 0 radical (unpaired) electrons. The van der Waals surface area contributed by atoms with E-state index in [1.54, 1.807) is 0 Å². The Bertz CT molecular complexity index is 147. The van der Waals surface area contributed by atoms with Crippen LogP contribution in [0.1, 0.15) is 20.3 Å². The first-order valence-corrected chi connectivity index (χ1v) is 3.41. The lowest BCUT2D eigenvalue weighted by Crippen LogP contribution is -2.05. The Kier molecular flexibility index (Phi) is 4.46. The molecule has 0 saturated carbocycles. The predicted molar refractivity (Wildman–Crippen MR) is 46.6 cm³/mol. The Morgan fingerprint density at radius 1 is 1.70 bits per heavy atom. The van der Waals surface area contributed by atoms with Gasteiger partial charge in [-0.05, 0) is 13.1 Å². The molecule has 0 aliphatic rings. The van der Waals surface area contributed by atoms with Gasteiger partial charge in [-0.1, -0.05) is 20.4 Å². The monoisotopic (exact) mass is 138 g/mol. The average Bonchev–Trinajstić information content (AvgIpc) is 1.99. The molecule has 56 valence electrons. The maximum Gasteiger partial charge on any atom is 0.130 e. The quantitative estimate of drug-likeness (QED) is 0.422. The third-order valence-electron chi connectivity index (χ3n) is 1.44. The van der Waals surface area contributed by atoms with Crippen molar-refractivity contribution in [3.8, 4) is 0 Å². The van der Waals surface area contributed by atoms with Crippen LogP contribution in [0.4, 0.5) is 0 Å². The summed E-state index contributed by atoms with van der Waals surface area (Å²) in [6.45, 7) is 11.1. The minimum atomic E-state index is 0.385. The van der Waals surface area contributed by atoms with E-state index in [4.69, 9.17) is 0 Å². The summed E-state index contributed by atoms with van der Waals surface area (Å²) in [4.78, 5) is 7.74. The van der Waals surface area contributed by atoms with Crippen LogP contribution >= 0.6 is 0 Å². The molecular weight excluding hydrogens is 124 g/mol. The lowest BCUT2D eigenvalue weighted by atomic mass is 10.1. The van der Waals surface area contributed by atoms with Crippen molar-refractivity contribution in [2.24, 2.45) is 15.9 Å². The van der Waals surface area contributed by atoms with E-state index in [2.05, 4.69) is 37.1 Å². The molecule has 0 saturated heterocycles. The Balaban J connectivity index is 4.18. The Morgan fingerprint density at radius 3 is 2.60 bits per heavy atom. The zero-order chi connectivity index (χ0) is 7.98. The van der Waals surface area contributed by atoms with E-state index in [-0.39, 0.29) is 0 Å². The SMILES string of the molecule is C=CN=C(N=C)C(C)CC. The molecule has 0 amide bonds. The molecule has 2 heteroatoms. The summed E-state index contributed by atoms with van der Waals surface area (Å²) in [7, 11) is 0. The summed E-state index contributed by atoms with van der Waals surface area (Å²) in [5, 5.41) is 0. The molecule has 0 aliphatic carbocycles. The first kappa shape index (κ1) is 9.08. The molecule has 0 heterocycles. The van der Waals surface area contributed by atoms with E-state index in [0.29, 0.717) is 5.92 Å². The van der Waals surface area contributed by atoms with E-state index in [0.717, 1.165) is 12.3 Å². The number of rotatable bonds is 3. The fraction of sp³-hybridized carbons (Fsp3) is 0.500. The van der Waals surface area contributed by atoms with Crippen LogP contribution in [0.5, 0.6) is 0 Å².